The van der Waals surface area contributed by atoms with Crippen LogP contribution >= 0.6 is 0 Å². The lowest BCUT2D eigenvalue weighted by Crippen LogP contribution is -2.39. The molecule has 7 nitrogen and oxygen atoms in total. The molecule has 1 atom stereocenters. The number of amides is 2. The summed E-state index contributed by atoms with van der Waals surface area (Å²) in [6, 6.07) is 23.4. The fraction of sp³-hybridized carbons (Fsp3) is 0.200. The van der Waals surface area contributed by atoms with Gasteiger partial charge in [0, 0.05) is 19.7 Å². The predicted molar refractivity (Wildman–Crippen MR) is 129 cm³/mol. The number of rotatable bonds is 8. The maximum atomic E-state index is 12.8. The number of carbonyl (C=O) groups excluding carboxylic acids is 2. The fourth-order valence-electron chi connectivity index (χ4n) is 3.35. The summed E-state index contributed by atoms with van der Waals surface area (Å²) < 4.78 is 26.6. The van der Waals surface area contributed by atoms with E-state index in [9.17, 15) is 18.0 Å². The van der Waals surface area contributed by atoms with E-state index in [-0.39, 0.29) is 23.4 Å². The molecule has 0 bridgehead atoms. The van der Waals surface area contributed by atoms with E-state index in [1.165, 1.54) is 38.2 Å². The average Bonchev–Trinajstić information content (AvgIpc) is 2.79. The Bertz CT molecular complexity index is 1210. The molecule has 0 spiro atoms. The summed E-state index contributed by atoms with van der Waals surface area (Å²) in [5.41, 5.74) is 3.60. The van der Waals surface area contributed by atoms with E-state index in [4.69, 9.17) is 0 Å². The van der Waals surface area contributed by atoms with Crippen molar-refractivity contribution in [3.63, 3.8) is 0 Å². The number of nitrogens with zero attached hydrogens (tertiary/aromatic N) is 1. The Balaban J connectivity index is 1.60. The third kappa shape index (κ3) is 6.27. The maximum Gasteiger partial charge on any atom is 0.243 e. The van der Waals surface area contributed by atoms with E-state index in [1.54, 1.807) is 0 Å². The number of sulfonamides is 1. The maximum absolute atomic E-state index is 12.8. The Morgan fingerprint density at radius 2 is 1.45 bits per heavy atom. The number of nitrogens with one attached hydrogen (secondary N) is 2. The zero-order valence-corrected chi connectivity index (χ0v) is 19.6. The first-order chi connectivity index (χ1) is 15.7. The first-order valence-corrected chi connectivity index (χ1v) is 11.9. The van der Waals surface area contributed by atoms with Gasteiger partial charge in [-0.25, -0.2) is 8.42 Å². The highest BCUT2D eigenvalue weighted by Crippen LogP contribution is 2.22. The summed E-state index contributed by atoms with van der Waals surface area (Å²) in [7, 11) is -2.50. The molecule has 1 unspecified atom stereocenters. The summed E-state index contributed by atoms with van der Waals surface area (Å²) in [6.45, 7) is 2.91. The minimum absolute atomic E-state index is 0.0384. The van der Waals surface area contributed by atoms with Gasteiger partial charge < -0.3 is 10.6 Å². The average molecular weight is 466 g/mol. The highest BCUT2D eigenvalue weighted by Gasteiger charge is 2.23. The number of hydrogen-bond donors (Lipinski definition) is 2. The number of likely N-dealkylation sites (N-methyl/N-ethyl adjacent to an activating group) is 1. The second-order valence-electron chi connectivity index (χ2n) is 7.74. The van der Waals surface area contributed by atoms with Gasteiger partial charge in [-0.15, -0.1) is 0 Å². The molecular weight excluding hydrogens is 438 g/mol. The molecule has 2 N–H and O–H groups in total. The molecule has 33 heavy (non-hydrogen) atoms. The van der Waals surface area contributed by atoms with E-state index in [0.717, 1.165) is 21.0 Å². The van der Waals surface area contributed by atoms with Crippen LogP contribution in [0.2, 0.25) is 0 Å². The van der Waals surface area contributed by atoms with Crippen LogP contribution in [0.1, 0.15) is 25.5 Å². The predicted octanol–water partition coefficient (Wildman–Crippen LogP) is 3.81. The summed E-state index contributed by atoms with van der Waals surface area (Å²) in [4.78, 5) is 23.7. The minimum atomic E-state index is -3.86. The van der Waals surface area contributed by atoms with Gasteiger partial charge in [0.05, 0.1) is 17.5 Å². The standard InChI is InChI=1S/C25H27N3O4S/c1-18(20-9-11-22(12-10-20)21-7-5-4-6-8-21)26-25(30)17-28(3)33(31,32)24-15-13-23(14-16-24)27-19(2)29/h4-16,18H,17H2,1-3H3,(H,26,30)(H,27,29). The molecule has 3 rings (SSSR count). The van der Waals surface area contributed by atoms with Crippen molar-refractivity contribution in [3.05, 3.63) is 84.4 Å². The highest BCUT2D eigenvalue weighted by molar-refractivity contribution is 7.89. The lowest BCUT2D eigenvalue weighted by Gasteiger charge is -2.20. The molecule has 0 saturated carbocycles. The van der Waals surface area contributed by atoms with Gasteiger partial charge in [-0.3, -0.25) is 9.59 Å². The van der Waals surface area contributed by atoms with Gasteiger partial charge in [0.2, 0.25) is 21.8 Å². The van der Waals surface area contributed by atoms with Crippen molar-refractivity contribution in [1.29, 1.82) is 0 Å². The quantitative estimate of drug-likeness (QED) is 0.529. The molecule has 0 aliphatic heterocycles. The fourth-order valence-corrected chi connectivity index (χ4v) is 4.47. The number of anilines is 1. The molecule has 172 valence electrons. The smallest absolute Gasteiger partial charge is 0.243 e. The zero-order valence-electron chi connectivity index (χ0n) is 18.8. The highest BCUT2D eigenvalue weighted by atomic mass is 32.2. The first kappa shape index (κ1) is 24.2. The molecule has 0 aliphatic rings. The molecule has 0 saturated heterocycles. The lowest BCUT2D eigenvalue weighted by atomic mass is 10.0. The Kier molecular flexibility index (Phi) is 7.63. The third-order valence-electron chi connectivity index (χ3n) is 5.14. The minimum Gasteiger partial charge on any atom is -0.348 e. The van der Waals surface area contributed by atoms with Crippen LogP contribution in [0, 0.1) is 0 Å². The van der Waals surface area contributed by atoms with E-state index < -0.39 is 15.9 Å². The Labute approximate surface area is 194 Å². The molecule has 0 aliphatic carbocycles. The molecule has 3 aromatic carbocycles. The Hall–Kier alpha value is -3.49. The Morgan fingerprint density at radius 3 is 2.03 bits per heavy atom. The summed E-state index contributed by atoms with van der Waals surface area (Å²) in [6.07, 6.45) is 0. The van der Waals surface area contributed by atoms with Crippen molar-refractivity contribution in [2.75, 3.05) is 18.9 Å². The normalized spacial score (nSPS) is 12.2. The van der Waals surface area contributed by atoms with Gasteiger partial charge in [0.25, 0.3) is 0 Å². The van der Waals surface area contributed by atoms with E-state index in [0.29, 0.717) is 5.69 Å². The molecule has 0 radical (unpaired) electrons. The topological polar surface area (TPSA) is 95.6 Å². The molecule has 2 amide bonds. The molecule has 3 aromatic rings. The summed E-state index contributed by atoms with van der Waals surface area (Å²) >= 11 is 0. The van der Waals surface area contributed by atoms with Crippen LogP contribution in [-0.4, -0.2) is 38.1 Å². The second-order valence-corrected chi connectivity index (χ2v) is 9.79. The molecular formula is C25H27N3O4S. The molecule has 0 heterocycles. The van der Waals surface area contributed by atoms with Crippen LogP contribution in [-0.2, 0) is 19.6 Å². The van der Waals surface area contributed by atoms with Gasteiger partial charge in [-0.05, 0) is 47.9 Å². The largest absolute Gasteiger partial charge is 0.348 e. The molecule has 0 fully saturated rings. The van der Waals surface area contributed by atoms with Gasteiger partial charge in [-0.2, -0.15) is 4.31 Å². The number of benzene rings is 3. The van der Waals surface area contributed by atoms with Crippen molar-refractivity contribution in [3.8, 4) is 11.1 Å². The Morgan fingerprint density at radius 1 is 0.879 bits per heavy atom. The summed E-state index contributed by atoms with van der Waals surface area (Å²) in [5, 5.41) is 5.43. The van der Waals surface area contributed by atoms with E-state index in [2.05, 4.69) is 10.6 Å². The van der Waals surface area contributed by atoms with Crippen LogP contribution in [0.25, 0.3) is 11.1 Å². The van der Waals surface area contributed by atoms with Gasteiger partial charge >= 0.3 is 0 Å². The van der Waals surface area contributed by atoms with E-state index in [1.807, 2.05) is 61.5 Å². The van der Waals surface area contributed by atoms with Gasteiger partial charge in [0.15, 0.2) is 0 Å². The first-order valence-electron chi connectivity index (χ1n) is 10.5. The summed E-state index contributed by atoms with van der Waals surface area (Å²) in [5.74, 6) is -0.654. The number of carbonyl (C=O) groups is 2. The lowest BCUT2D eigenvalue weighted by molar-refractivity contribution is -0.121. The SMILES string of the molecule is CC(=O)Nc1ccc(S(=O)(=O)N(C)CC(=O)NC(C)c2ccc(-c3ccccc3)cc2)cc1. The number of hydrogen-bond acceptors (Lipinski definition) is 4. The third-order valence-corrected chi connectivity index (χ3v) is 6.96. The van der Waals surface area contributed by atoms with Crippen LogP contribution in [0.5, 0.6) is 0 Å². The van der Waals surface area contributed by atoms with Gasteiger partial charge in [-0.1, -0.05) is 54.6 Å². The van der Waals surface area contributed by atoms with E-state index >= 15 is 0 Å². The molecule has 8 heteroatoms. The van der Waals surface area contributed by atoms with Crippen molar-refractivity contribution in [2.45, 2.75) is 24.8 Å². The van der Waals surface area contributed by atoms with Crippen LogP contribution in [0.3, 0.4) is 0 Å². The second kappa shape index (κ2) is 10.4. The van der Waals surface area contributed by atoms with Crippen molar-refractivity contribution >= 4 is 27.5 Å². The molecule has 0 aromatic heterocycles. The van der Waals surface area contributed by atoms with Crippen LogP contribution in [0.4, 0.5) is 5.69 Å². The van der Waals surface area contributed by atoms with Crippen molar-refractivity contribution in [1.82, 2.24) is 9.62 Å². The van der Waals surface area contributed by atoms with Crippen molar-refractivity contribution in [2.24, 2.45) is 0 Å². The zero-order chi connectivity index (χ0) is 24.0. The monoisotopic (exact) mass is 465 g/mol. The van der Waals surface area contributed by atoms with Crippen LogP contribution < -0.4 is 10.6 Å². The van der Waals surface area contributed by atoms with Crippen molar-refractivity contribution < 1.29 is 18.0 Å². The van der Waals surface area contributed by atoms with Crippen LogP contribution in [0.15, 0.2) is 83.8 Å². The van der Waals surface area contributed by atoms with Gasteiger partial charge in [0.1, 0.15) is 0 Å².